The standard InChI is InChI=1S/C18H22N4O/c19-15-7-3-4-8-16(15)21-18(23)14-9-10-17(20-13-14)22-11-5-1-2-6-12-22/h3-4,7-10,13H,1-2,5-6,11-12,19H2,(H,21,23). The van der Waals surface area contributed by atoms with Crippen molar-refractivity contribution in [2.45, 2.75) is 25.7 Å². The smallest absolute Gasteiger partial charge is 0.257 e. The minimum absolute atomic E-state index is 0.196. The number of amides is 1. The molecule has 1 amide bonds. The number of benzene rings is 1. The molecule has 0 aliphatic carbocycles. The summed E-state index contributed by atoms with van der Waals surface area (Å²) < 4.78 is 0. The molecule has 2 aromatic rings. The number of pyridine rings is 1. The van der Waals surface area contributed by atoms with Gasteiger partial charge in [0.1, 0.15) is 5.82 Å². The van der Waals surface area contributed by atoms with Crippen LogP contribution >= 0.6 is 0 Å². The predicted molar refractivity (Wildman–Crippen MR) is 93.7 cm³/mol. The van der Waals surface area contributed by atoms with Crippen LogP contribution in [0.1, 0.15) is 36.0 Å². The van der Waals surface area contributed by atoms with E-state index < -0.39 is 0 Å². The SMILES string of the molecule is Nc1ccccc1NC(=O)c1ccc(N2CCCCCC2)nc1. The molecule has 3 rings (SSSR count). The molecule has 120 valence electrons. The lowest BCUT2D eigenvalue weighted by Crippen LogP contribution is -2.25. The van der Waals surface area contributed by atoms with Crippen molar-refractivity contribution in [3.8, 4) is 0 Å². The number of para-hydroxylation sites is 2. The van der Waals surface area contributed by atoms with E-state index in [1.54, 1.807) is 18.3 Å². The van der Waals surface area contributed by atoms with Gasteiger partial charge in [0, 0.05) is 19.3 Å². The third-order valence-electron chi connectivity index (χ3n) is 4.15. The van der Waals surface area contributed by atoms with E-state index in [1.165, 1.54) is 25.7 Å². The van der Waals surface area contributed by atoms with Crippen molar-refractivity contribution in [1.29, 1.82) is 0 Å². The minimum atomic E-state index is -0.196. The van der Waals surface area contributed by atoms with E-state index in [0.29, 0.717) is 16.9 Å². The number of nitrogens with zero attached hydrogens (tertiary/aromatic N) is 2. The second kappa shape index (κ2) is 7.13. The summed E-state index contributed by atoms with van der Waals surface area (Å²) in [4.78, 5) is 19.0. The Morgan fingerprint density at radius 3 is 2.43 bits per heavy atom. The summed E-state index contributed by atoms with van der Waals surface area (Å²) >= 11 is 0. The van der Waals surface area contributed by atoms with Crippen LogP contribution in [0.2, 0.25) is 0 Å². The average molecular weight is 310 g/mol. The Morgan fingerprint density at radius 1 is 1.04 bits per heavy atom. The van der Waals surface area contributed by atoms with Crippen molar-refractivity contribution in [3.05, 3.63) is 48.2 Å². The highest BCUT2D eigenvalue weighted by Crippen LogP contribution is 2.20. The largest absolute Gasteiger partial charge is 0.397 e. The zero-order chi connectivity index (χ0) is 16.1. The maximum Gasteiger partial charge on any atom is 0.257 e. The zero-order valence-electron chi connectivity index (χ0n) is 13.2. The van der Waals surface area contributed by atoms with Gasteiger partial charge in [0.15, 0.2) is 0 Å². The van der Waals surface area contributed by atoms with Crippen LogP contribution in [0.3, 0.4) is 0 Å². The molecule has 1 saturated heterocycles. The Hall–Kier alpha value is -2.56. The van der Waals surface area contributed by atoms with Crippen molar-refractivity contribution in [3.63, 3.8) is 0 Å². The first kappa shape index (κ1) is 15.3. The molecular formula is C18H22N4O. The number of aromatic nitrogens is 1. The van der Waals surface area contributed by atoms with Crippen LogP contribution in [-0.4, -0.2) is 24.0 Å². The molecule has 23 heavy (non-hydrogen) atoms. The first-order valence-corrected chi connectivity index (χ1v) is 8.11. The quantitative estimate of drug-likeness (QED) is 0.853. The molecule has 1 aliphatic rings. The van der Waals surface area contributed by atoms with Gasteiger partial charge in [0.2, 0.25) is 0 Å². The highest BCUT2D eigenvalue weighted by atomic mass is 16.1. The van der Waals surface area contributed by atoms with Crippen molar-refractivity contribution < 1.29 is 4.79 Å². The van der Waals surface area contributed by atoms with Gasteiger partial charge in [-0.05, 0) is 37.1 Å². The molecule has 0 saturated carbocycles. The van der Waals surface area contributed by atoms with E-state index in [-0.39, 0.29) is 5.91 Å². The first-order chi connectivity index (χ1) is 11.2. The molecule has 1 aromatic carbocycles. The van der Waals surface area contributed by atoms with Gasteiger partial charge in [-0.2, -0.15) is 0 Å². The lowest BCUT2D eigenvalue weighted by molar-refractivity contribution is 0.102. The van der Waals surface area contributed by atoms with E-state index in [9.17, 15) is 4.79 Å². The van der Waals surface area contributed by atoms with Crippen molar-refractivity contribution in [1.82, 2.24) is 4.98 Å². The topological polar surface area (TPSA) is 71.2 Å². The highest BCUT2D eigenvalue weighted by molar-refractivity contribution is 6.05. The highest BCUT2D eigenvalue weighted by Gasteiger charge is 2.13. The summed E-state index contributed by atoms with van der Waals surface area (Å²) in [7, 11) is 0. The van der Waals surface area contributed by atoms with Gasteiger partial charge in [-0.25, -0.2) is 4.98 Å². The summed E-state index contributed by atoms with van der Waals surface area (Å²) in [5, 5.41) is 2.82. The third kappa shape index (κ3) is 3.80. The monoisotopic (exact) mass is 310 g/mol. The van der Waals surface area contributed by atoms with Crippen LogP contribution in [0.5, 0.6) is 0 Å². The van der Waals surface area contributed by atoms with E-state index in [0.717, 1.165) is 18.9 Å². The second-order valence-corrected chi connectivity index (χ2v) is 5.85. The Kier molecular flexibility index (Phi) is 4.76. The molecule has 2 heterocycles. The van der Waals surface area contributed by atoms with Gasteiger partial charge in [-0.3, -0.25) is 4.79 Å². The van der Waals surface area contributed by atoms with Crippen LogP contribution in [0.15, 0.2) is 42.6 Å². The zero-order valence-corrected chi connectivity index (χ0v) is 13.2. The summed E-state index contributed by atoms with van der Waals surface area (Å²) in [5.74, 6) is 0.750. The molecule has 0 radical (unpaired) electrons. The predicted octanol–water partition coefficient (Wildman–Crippen LogP) is 3.30. The van der Waals surface area contributed by atoms with Crippen LogP contribution in [-0.2, 0) is 0 Å². The van der Waals surface area contributed by atoms with Crippen molar-refractivity contribution in [2.24, 2.45) is 0 Å². The average Bonchev–Trinajstić information content (AvgIpc) is 2.86. The summed E-state index contributed by atoms with van der Waals surface area (Å²) in [6.45, 7) is 2.08. The fourth-order valence-electron chi connectivity index (χ4n) is 2.81. The van der Waals surface area contributed by atoms with Crippen LogP contribution in [0, 0.1) is 0 Å². The number of nitrogens with two attached hydrogens (primary N) is 1. The maximum atomic E-state index is 12.3. The fraction of sp³-hybridized carbons (Fsp3) is 0.333. The summed E-state index contributed by atoms with van der Waals surface area (Å²) in [6.07, 6.45) is 6.62. The number of hydrogen-bond acceptors (Lipinski definition) is 4. The number of rotatable bonds is 3. The minimum Gasteiger partial charge on any atom is -0.397 e. The van der Waals surface area contributed by atoms with Gasteiger partial charge in [0.25, 0.3) is 5.91 Å². The number of nitrogens with one attached hydrogen (secondary N) is 1. The van der Waals surface area contributed by atoms with Crippen LogP contribution < -0.4 is 16.0 Å². The second-order valence-electron chi connectivity index (χ2n) is 5.85. The van der Waals surface area contributed by atoms with Crippen LogP contribution in [0.25, 0.3) is 0 Å². The molecule has 5 heteroatoms. The Morgan fingerprint density at radius 2 is 1.78 bits per heavy atom. The summed E-state index contributed by atoms with van der Waals surface area (Å²) in [5.41, 5.74) is 7.55. The van der Waals surface area contributed by atoms with E-state index in [4.69, 9.17) is 5.73 Å². The molecule has 1 aliphatic heterocycles. The number of hydrogen-bond donors (Lipinski definition) is 2. The lowest BCUT2D eigenvalue weighted by atomic mass is 10.2. The number of carbonyl (C=O) groups is 1. The Bertz CT molecular complexity index is 661. The van der Waals surface area contributed by atoms with E-state index >= 15 is 0 Å². The van der Waals surface area contributed by atoms with Crippen molar-refractivity contribution >= 4 is 23.1 Å². The Balaban J connectivity index is 1.69. The number of nitrogen functional groups attached to an aromatic ring is 1. The fourth-order valence-corrected chi connectivity index (χ4v) is 2.81. The van der Waals surface area contributed by atoms with Gasteiger partial charge in [0.05, 0.1) is 16.9 Å². The van der Waals surface area contributed by atoms with E-state index in [2.05, 4.69) is 15.2 Å². The van der Waals surface area contributed by atoms with Crippen molar-refractivity contribution in [2.75, 3.05) is 29.0 Å². The lowest BCUT2D eigenvalue weighted by Gasteiger charge is -2.21. The molecule has 1 fully saturated rings. The molecule has 3 N–H and O–H groups in total. The van der Waals surface area contributed by atoms with Gasteiger partial charge in [-0.15, -0.1) is 0 Å². The molecular weight excluding hydrogens is 288 g/mol. The Labute approximate surface area is 136 Å². The summed E-state index contributed by atoms with van der Waals surface area (Å²) in [6, 6.07) is 11.0. The third-order valence-corrected chi connectivity index (χ3v) is 4.15. The molecule has 0 bridgehead atoms. The van der Waals surface area contributed by atoms with E-state index in [1.807, 2.05) is 24.3 Å². The molecule has 0 unspecified atom stereocenters. The molecule has 5 nitrogen and oxygen atoms in total. The van der Waals surface area contributed by atoms with Gasteiger partial charge in [-0.1, -0.05) is 25.0 Å². The van der Waals surface area contributed by atoms with Crippen LogP contribution in [0.4, 0.5) is 17.2 Å². The first-order valence-electron chi connectivity index (χ1n) is 8.11. The number of carbonyl (C=O) groups excluding carboxylic acids is 1. The van der Waals surface area contributed by atoms with Gasteiger partial charge < -0.3 is 16.0 Å². The molecule has 0 spiro atoms. The normalized spacial score (nSPS) is 15.0. The number of anilines is 3. The molecule has 1 aromatic heterocycles. The van der Waals surface area contributed by atoms with Gasteiger partial charge >= 0.3 is 0 Å². The maximum absolute atomic E-state index is 12.3. The molecule has 0 atom stereocenters.